The Bertz CT molecular complexity index is 1210. The lowest BCUT2D eigenvalue weighted by molar-refractivity contribution is -0.144. The number of rotatable bonds is 5. The molecule has 0 spiro atoms. The van der Waals surface area contributed by atoms with Gasteiger partial charge in [-0.1, -0.05) is 30.3 Å². The summed E-state index contributed by atoms with van der Waals surface area (Å²) >= 11 is 0. The van der Waals surface area contributed by atoms with Gasteiger partial charge in [0.05, 0.1) is 18.6 Å². The number of Topliss-reactive ketones (excluding diaryl/α,β-unsaturated/α-hetero) is 1. The van der Waals surface area contributed by atoms with Crippen LogP contribution < -0.4 is 10.1 Å². The van der Waals surface area contributed by atoms with Crippen LogP contribution in [0.15, 0.2) is 71.1 Å². The standard InChI is InChI=1S/C29H30FNO4/c1-17-26(29(33)35-21-7-3-4-8-21)27(22-9-5-6-10-23(22)30)28-24(31-17)15-19(16-25(28)32)18-11-13-20(34-2)14-12-18/h5-6,9-14,19,21,27,31H,3-4,7-8,15-16H2,1-2H3/t19-,27+/m0/s1. The molecule has 2 aromatic rings. The number of carbonyl (C=O) groups excluding carboxylic acids is 2. The lowest BCUT2D eigenvalue weighted by Gasteiger charge is -2.37. The third-order valence-electron chi connectivity index (χ3n) is 7.43. The fourth-order valence-electron chi connectivity index (χ4n) is 5.66. The van der Waals surface area contributed by atoms with E-state index in [0.29, 0.717) is 35.2 Å². The van der Waals surface area contributed by atoms with Crippen LogP contribution in [0.3, 0.4) is 0 Å². The first-order chi connectivity index (χ1) is 17.0. The summed E-state index contributed by atoms with van der Waals surface area (Å²) in [4.78, 5) is 27.0. The van der Waals surface area contributed by atoms with Crippen LogP contribution in [0.1, 0.15) is 68.4 Å². The highest BCUT2D eigenvalue weighted by Gasteiger charge is 2.42. The molecule has 0 radical (unpaired) electrons. The van der Waals surface area contributed by atoms with Gasteiger partial charge in [-0.2, -0.15) is 0 Å². The van der Waals surface area contributed by atoms with Gasteiger partial charge in [-0.05, 0) is 68.7 Å². The SMILES string of the molecule is COc1ccc([C@@H]2CC(=O)C3=C(C2)NC(C)=C(C(=O)OC2CCCC2)[C@H]3c2ccccc2F)cc1. The Morgan fingerprint density at radius 2 is 1.74 bits per heavy atom. The largest absolute Gasteiger partial charge is 0.497 e. The maximum Gasteiger partial charge on any atom is 0.337 e. The van der Waals surface area contributed by atoms with Gasteiger partial charge in [0.2, 0.25) is 0 Å². The van der Waals surface area contributed by atoms with Gasteiger partial charge in [0.1, 0.15) is 17.7 Å². The number of allylic oxidation sites excluding steroid dienone is 3. The van der Waals surface area contributed by atoms with Gasteiger partial charge in [-0.15, -0.1) is 0 Å². The molecule has 5 rings (SSSR count). The highest BCUT2D eigenvalue weighted by molar-refractivity contribution is 6.04. The van der Waals surface area contributed by atoms with Crippen molar-refractivity contribution in [2.24, 2.45) is 0 Å². The van der Waals surface area contributed by atoms with Crippen molar-refractivity contribution in [3.05, 3.63) is 88.0 Å². The molecule has 0 unspecified atom stereocenters. The van der Waals surface area contributed by atoms with Crippen molar-refractivity contribution >= 4 is 11.8 Å². The van der Waals surface area contributed by atoms with E-state index in [0.717, 1.165) is 42.7 Å². The van der Waals surface area contributed by atoms with E-state index >= 15 is 4.39 Å². The van der Waals surface area contributed by atoms with E-state index in [1.807, 2.05) is 31.2 Å². The zero-order valence-corrected chi connectivity index (χ0v) is 20.1. The third kappa shape index (κ3) is 4.49. The van der Waals surface area contributed by atoms with E-state index in [-0.39, 0.29) is 17.8 Å². The second-order valence-corrected chi connectivity index (χ2v) is 9.62. The number of ether oxygens (including phenoxy) is 2. The number of methoxy groups -OCH3 is 1. The van der Waals surface area contributed by atoms with Gasteiger partial charge in [0.25, 0.3) is 0 Å². The Labute approximate surface area is 205 Å². The van der Waals surface area contributed by atoms with Crippen molar-refractivity contribution in [1.29, 1.82) is 0 Å². The van der Waals surface area contributed by atoms with Crippen LogP contribution in [-0.2, 0) is 14.3 Å². The van der Waals surface area contributed by atoms with Gasteiger partial charge < -0.3 is 14.8 Å². The molecule has 182 valence electrons. The molecular formula is C29H30FNO4. The minimum atomic E-state index is -0.786. The maximum absolute atomic E-state index is 15.1. The summed E-state index contributed by atoms with van der Waals surface area (Å²) in [7, 11) is 1.62. The molecule has 0 bridgehead atoms. The predicted molar refractivity (Wildman–Crippen MR) is 130 cm³/mol. The van der Waals surface area contributed by atoms with Gasteiger partial charge in [0.15, 0.2) is 5.78 Å². The zero-order chi connectivity index (χ0) is 24.5. The van der Waals surface area contributed by atoms with Crippen molar-refractivity contribution in [2.75, 3.05) is 7.11 Å². The van der Waals surface area contributed by atoms with Crippen LogP contribution in [0.2, 0.25) is 0 Å². The monoisotopic (exact) mass is 475 g/mol. The number of ketones is 1. The molecule has 1 fully saturated rings. The Balaban J connectivity index is 1.53. The molecule has 3 aliphatic rings. The first-order valence-electron chi connectivity index (χ1n) is 12.3. The first kappa shape index (κ1) is 23.3. The van der Waals surface area contributed by atoms with Gasteiger partial charge >= 0.3 is 5.97 Å². The number of benzene rings is 2. The molecule has 1 saturated carbocycles. The smallest absolute Gasteiger partial charge is 0.337 e. The van der Waals surface area contributed by atoms with Crippen LogP contribution in [0, 0.1) is 5.82 Å². The Kier molecular flexibility index (Phi) is 6.46. The summed E-state index contributed by atoms with van der Waals surface area (Å²) in [6, 6.07) is 14.1. The predicted octanol–water partition coefficient (Wildman–Crippen LogP) is 5.68. The van der Waals surface area contributed by atoms with Gasteiger partial charge in [-0.3, -0.25) is 4.79 Å². The molecule has 6 heteroatoms. The number of hydrogen-bond acceptors (Lipinski definition) is 5. The van der Waals surface area contributed by atoms with Crippen LogP contribution in [0.5, 0.6) is 5.75 Å². The van der Waals surface area contributed by atoms with Crippen molar-refractivity contribution in [3.63, 3.8) is 0 Å². The number of dihydropyridines is 1. The summed E-state index contributed by atoms with van der Waals surface area (Å²) < 4.78 is 26.2. The summed E-state index contributed by atoms with van der Waals surface area (Å²) in [5.41, 5.74) is 3.55. The zero-order valence-electron chi connectivity index (χ0n) is 20.1. The number of esters is 1. The highest BCUT2D eigenvalue weighted by Crippen LogP contribution is 2.46. The van der Waals surface area contributed by atoms with E-state index in [9.17, 15) is 9.59 Å². The van der Waals surface area contributed by atoms with Gasteiger partial charge in [0, 0.05) is 29.0 Å². The van der Waals surface area contributed by atoms with Crippen molar-refractivity contribution in [3.8, 4) is 5.75 Å². The fraction of sp³-hybridized carbons (Fsp3) is 0.379. The summed E-state index contributed by atoms with van der Waals surface area (Å²) in [5, 5.41) is 3.34. The normalized spacial score (nSPS) is 22.7. The van der Waals surface area contributed by atoms with E-state index < -0.39 is 17.7 Å². The van der Waals surface area contributed by atoms with Crippen LogP contribution in [-0.4, -0.2) is 25.0 Å². The van der Waals surface area contributed by atoms with Crippen LogP contribution in [0.25, 0.3) is 0 Å². The number of nitrogens with one attached hydrogen (secondary N) is 1. The van der Waals surface area contributed by atoms with E-state index in [1.165, 1.54) is 6.07 Å². The summed E-state index contributed by atoms with van der Waals surface area (Å²) in [6.45, 7) is 1.81. The lowest BCUT2D eigenvalue weighted by Crippen LogP contribution is -2.37. The highest BCUT2D eigenvalue weighted by atomic mass is 19.1. The third-order valence-corrected chi connectivity index (χ3v) is 7.43. The van der Waals surface area contributed by atoms with E-state index in [1.54, 1.807) is 25.3 Å². The average Bonchev–Trinajstić information content (AvgIpc) is 3.36. The quantitative estimate of drug-likeness (QED) is 0.564. The maximum atomic E-state index is 15.1. The molecule has 2 aromatic carbocycles. The minimum Gasteiger partial charge on any atom is -0.497 e. The lowest BCUT2D eigenvalue weighted by atomic mass is 9.71. The van der Waals surface area contributed by atoms with Crippen molar-refractivity contribution in [2.45, 2.75) is 63.4 Å². The number of carbonyl (C=O) groups is 2. The second kappa shape index (κ2) is 9.68. The van der Waals surface area contributed by atoms with Crippen LogP contribution >= 0.6 is 0 Å². The fourth-order valence-corrected chi connectivity index (χ4v) is 5.66. The molecule has 0 amide bonds. The molecule has 0 aromatic heterocycles. The Hall–Kier alpha value is -3.41. The second-order valence-electron chi connectivity index (χ2n) is 9.62. The molecule has 5 nitrogen and oxygen atoms in total. The minimum absolute atomic E-state index is 0.0132. The van der Waals surface area contributed by atoms with Gasteiger partial charge in [-0.25, -0.2) is 9.18 Å². The Morgan fingerprint density at radius 3 is 2.43 bits per heavy atom. The molecule has 1 N–H and O–H groups in total. The van der Waals surface area contributed by atoms with E-state index in [2.05, 4.69) is 5.32 Å². The topological polar surface area (TPSA) is 64.6 Å². The average molecular weight is 476 g/mol. The van der Waals surface area contributed by atoms with Crippen molar-refractivity contribution < 1.29 is 23.5 Å². The molecule has 2 atom stereocenters. The van der Waals surface area contributed by atoms with Crippen molar-refractivity contribution in [1.82, 2.24) is 5.32 Å². The summed E-state index contributed by atoms with van der Waals surface area (Å²) in [6.07, 6.45) is 4.51. The summed E-state index contributed by atoms with van der Waals surface area (Å²) in [5.74, 6) is -1.02. The molecule has 2 aliphatic carbocycles. The first-order valence-corrected chi connectivity index (χ1v) is 12.3. The molecular weight excluding hydrogens is 445 g/mol. The molecule has 35 heavy (non-hydrogen) atoms. The molecule has 1 aliphatic heterocycles. The number of halogens is 1. The molecule has 1 heterocycles. The van der Waals surface area contributed by atoms with Crippen LogP contribution in [0.4, 0.5) is 4.39 Å². The Morgan fingerprint density at radius 1 is 1.03 bits per heavy atom. The van der Waals surface area contributed by atoms with E-state index in [4.69, 9.17) is 9.47 Å². The number of hydrogen-bond donors (Lipinski definition) is 1. The molecule has 0 saturated heterocycles.